The molecule has 0 radical (unpaired) electrons. The Bertz CT molecular complexity index is 600. The van der Waals surface area contributed by atoms with E-state index in [1.807, 2.05) is 6.92 Å². The first-order valence-electron chi connectivity index (χ1n) is 9.79. The minimum Gasteiger partial charge on any atom is -0.481 e. The first kappa shape index (κ1) is 15.6. The molecule has 4 heteroatoms. The van der Waals surface area contributed by atoms with Crippen LogP contribution in [0.4, 0.5) is 0 Å². The second-order valence-corrected chi connectivity index (χ2v) is 10.1. The van der Waals surface area contributed by atoms with Crippen LogP contribution in [0.3, 0.4) is 0 Å². The molecule has 5 fully saturated rings. The molecule has 3 saturated carbocycles. The van der Waals surface area contributed by atoms with Crippen molar-refractivity contribution in [3.8, 4) is 0 Å². The van der Waals surface area contributed by atoms with Crippen molar-refractivity contribution in [3.63, 3.8) is 0 Å². The molecule has 0 aromatic rings. The lowest BCUT2D eigenvalue weighted by atomic mass is 9.42. The number of hydrogen-bond acceptors (Lipinski definition) is 3. The lowest BCUT2D eigenvalue weighted by Gasteiger charge is -2.60. The molecule has 5 aliphatic rings. The molecular formula is C20H30O4. The summed E-state index contributed by atoms with van der Waals surface area (Å²) in [6, 6.07) is 0. The van der Waals surface area contributed by atoms with E-state index in [0.717, 1.165) is 45.1 Å². The molecule has 0 amide bonds. The van der Waals surface area contributed by atoms with Crippen LogP contribution >= 0.6 is 0 Å². The maximum absolute atomic E-state index is 12.1. The Hall–Kier alpha value is -0.610. The molecule has 0 bridgehead atoms. The van der Waals surface area contributed by atoms with E-state index in [2.05, 4.69) is 13.8 Å². The van der Waals surface area contributed by atoms with Gasteiger partial charge in [-0.25, -0.2) is 0 Å². The van der Waals surface area contributed by atoms with Gasteiger partial charge in [0.15, 0.2) is 0 Å². The van der Waals surface area contributed by atoms with E-state index in [-0.39, 0.29) is 22.3 Å². The fourth-order valence-corrected chi connectivity index (χ4v) is 7.58. The highest BCUT2D eigenvalue weighted by molar-refractivity contribution is 5.75. The molecule has 2 saturated heterocycles. The first-order valence-corrected chi connectivity index (χ1v) is 9.79. The molecule has 0 aromatic carbocycles. The number of rotatable bonds is 2. The van der Waals surface area contributed by atoms with E-state index in [4.69, 9.17) is 9.47 Å². The lowest BCUT2D eigenvalue weighted by molar-refractivity contribution is -0.174. The SMILES string of the molecule is C[C@@]1(C2CO2)C[C@@H]2CC[C@@H]3[C@](C)(C(=O)O)CCC[C@@]3(C)[C@@]23O[C@H]3C1. The second kappa shape index (κ2) is 4.37. The van der Waals surface area contributed by atoms with E-state index >= 15 is 0 Å². The summed E-state index contributed by atoms with van der Waals surface area (Å²) in [7, 11) is 0. The van der Waals surface area contributed by atoms with Gasteiger partial charge in [-0.05, 0) is 62.7 Å². The Morgan fingerprint density at radius 2 is 1.83 bits per heavy atom. The van der Waals surface area contributed by atoms with Crippen LogP contribution < -0.4 is 0 Å². The minimum atomic E-state index is -0.600. The molecule has 1 N–H and O–H groups in total. The third-order valence-corrected chi connectivity index (χ3v) is 8.96. The maximum atomic E-state index is 12.1. The number of carboxylic acids is 1. The number of carboxylic acid groups (broad SMARTS) is 1. The molecule has 0 aromatic heterocycles. The zero-order valence-corrected chi connectivity index (χ0v) is 15.1. The summed E-state index contributed by atoms with van der Waals surface area (Å²) >= 11 is 0. The Kier molecular flexibility index (Phi) is 2.85. The van der Waals surface area contributed by atoms with Crippen LogP contribution in [0.2, 0.25) is 0 Å². The van der Waals surface area contributed by atoms with Gasteiger partial charge in [0.25, 0.3) is 0 Å². The smallest absolute Gasteiger partial charge is 0.309 e. The number of ether oxygens (including phenoxy) is 2. The third-order valence-electron chi connectivity index (χ3n) is 8.96. The molecule has 1 spiro atoms. The van der Waals surface area contributed by atoms with Gasteiger partial charge in [-0.15, -0.1) is 0 Å². The van der Waals surface area contributed by atoms with Crippen molar-refractivity contribution in [3.05, 3.63) is 0 Å². The number of fused-ring (bicyclic) bond motifs is 1. The van der Waals surface area contributed by atoms with Gasteiger partial charge in [-0.1, -0.05) is 20.3 Å². The summed E-state index contributed by atoms with van der Waals surface area (Å²) in [5.41, 5.74) is -0.327. The van der Waals surface area contributed by atoms with Crippen molar-refractivity contribution in [2.24, 2.45) is 28.1 Å². The number of epoxide rings is 2. The summed E-state index contributed by atoms with van der Waals surface area (Å²) in [4.78, 5) is 12.1. The van der Waals surface area contributed by atoms with Crippen LogP contribution in [-0.2, 0) is 14.3 Å². The summed E-state index contributed by atoms with van der Waals surface area (Å²) in [6.07, 6.45) is 8.19. The van der Waals surface area contributed by atoms with Crippen molar-refractivity contribution < 1.29 is 19.4 Å². The van der Waals surface area contributed by atoms with Gasteiger partial charge in [-0.3, -0.25) is 4.79 Å². The van der Waals surface area contributed by atoms with Gasteiger partial charge in [-0.2, -0.15) is 0 Å². The van der Waals surface area contributed by atoms with Crippen LogP contribution in [0.25, 0.3) is 0 Å². The Morgan fingerprint density at radius 1 is 1.08 bits per heavy atom. The fourth-order valence-electron chi connectivity index (χ4n) is 7.58. The largest absolute Gasteiger partial charge is 0.481 e. The van der Waals surface area contributed by atoms with Gasteiger partial charge in [0.05, 0.1) is 24.2 Å². The first-order chi connectivity index (χ1) is 11.3. The third kappa shape index (κ3) is 1.65. The standard InChI is InChI=1S/C20H30O4/c1-17(15-11-23-15)9-12-5-6-13-18(2,16(21)22)7-4-8-19(13,3)20(12)14(10-17)24-20/h12-15H,4-11H2,1-3H3,(H,21,22)/t12-,13+,14-,15?,17+,18+,19+,20+/m0/s1. The van der Waals surface area contributed by atoms with E-state index in [0.29, 0.717) is 18.1 Å². The molecule has 8 atom stereocenters. The van der Waals surface area contributed by atoms with Crippen molar-refractivity contribution in [2.75, 3.05) is 6.61 Å². The quantitative estimate of drug-likeness (QED) is 0.783. The number of aliphatic carboxylic acids is 1. The zero-order chi connectivity index (χ0) is 17.0. The molecule has 5 rings (SSSR count). The van der Waals surface area contributed by atoms with Crippen molar-refractivity contribution >= 4 is 5.97 Å². The normalized spacial score (nSPS) is 61.3. The predicted octanol–water partition coefficient (Wildman–Crippen LogP) is 3.63. The zero-order valence-electron chi connectivity index (χ0n) is 15.1. The maximum Gasteiger partial charge on any atom is 0.309 e. The monoisotopic (exact) mass is 334 g/mol. The highest BCUT2D eigenvalue weighted by atomic mass is 16.6. The van der Waals surface area contributed by atoms with E-state index in [1.54, 1.807) is 0 Å². The molecule has 2 aliphatic heterocycles. The average molecular weight is 334 g/mol. The molecule has 1 unspecified atom stereocenters. The van der Waals surface area contributed by atoms with Crippen LogP contribution in [0.5, 0.6) is 0 Å². The van der Waals surface area contributed by atoms with E-state index in [9.17, 15) is 9.90 Å². The summed E-state index contributed by atoms with van der Waals surface area (Å²) in [6.45, 7) is 7.66. The predicted molar refractivity (Wildman–Crippen MR) is 88.6 cm³/mol. The minimum absolute atomic E-state index is 0.0255. The topological polar surface area (TPSA) is 62.4 Å². The second-order valence-electron chi connectivity index (χ2n) is 10.1. The lowest BCUT2D eigenvalue weighted by Crippen LogP contribution is -2.62. The van der Waals surface area contributed by atoms with Crippen molar-refractivity contribution in [1.29, 1.82) is 0 Å². The van der Waals surface area contributed by atoms with Gasteiger partial charge in [0, 0.05) is 5.41 Å². The Balaban J connectivity index is 1.51. The van der Waals surface area contributed by atoms with Gasteiger partial charge < -0.3 is 14.6 Å². The van der Waals surface area contributed by atoms with Crippen LogP contribution in [0.15, 0.2) is 0 Å². The molecule has 2 heterocycles. The molecule has 134 valence electrons. The Morgan fingerprint density at radius 3 is 2.50 bits per heavy atom. The highest BCUT2D eigenvalue weighted by Crippen LogP contribution is 2.75. The van der Waals surface area contributed by atoms with Crippen LogP contribution in [-0.4, -0.2) is 35.5 Å². The number of carbonyl (C=O) groups is 1. The van der Waals surface area contributed by atoms with Gasteiger partial charge in [0.1, 0.15) is 5.60 Å². The van der Waals surface area contributed by atoms with Crippen molar-refractivity contribution in [2.45, 2.75) is 83.5 Å². The molecule has 3 aliphatic carbocycles. The van der Waals surface area contributed by atoms with Crippen LogP contribution in [0.1, 0.15) is 65.7 Å². The number of hydrogen-bond donors (Lipinski definition) is 1. The molecule has 4 nitrogen and oxygen atoms in total. The van der Waals surface area contributed by atoms with Gasteiger partial charge in [0.2, 0.25) is 0 Å². The molecular weight excluding hydrogens is 304 g/mol. The van der Waals surface area contributed by atoms with E-state index < -0.39 is 11.4 Å². The summed E-state index contributed by atoms with van der Waals surface area (Å²) < 4.78 is 12.2. The van der Waals surface area contributed by atoms with Crippen molar-refractivity contribution in [1.82, 2.24) is 0 Å². The fraction of sp³-hybridized carbons (Fsp3) is 0.950. The summed E-state index contributed by atoms with van der Waals surface area (Å²) in [5.74, 6) is 0.236. The summed E-state index contributed by atoms with van der Waals surface area (Å²) in [5, 5.41) is 9.95. The average Bonchev–Trinajstić information content (AvgIpc) is 3.38. The Labute approximate surface area is 144 Å². The van der Waals surface area contributed by atoms with E-state index in [1.165, 1.54) is 6.42 Å². The van der Waals surface area contributed by atoms with Crippen LogP contribution in [0, 0.1) is 28.1 Å². The van der Waals surface area contributed by atoms with Gasteiger partial charge >= 0.3 is 5.97 Å². The highest BCUT2D eigenvalue weighted by Gasteiger charge is 2.79. The molecule has 24 heavy (non-hydrogen) atoms.